The Morgan fingerprint density at radius 2 is 1.95 bits per heavy atom. The maximum Gasteiger partial charge on any atom is 0.328 e. The number of carbonyl (C=O) groups excluding carboxylic acids is 1. The number of aryl methyl sites for hydroxylation is 1. The van der Waals surface area contributed by atoms with Gasteiger partial charge in [0.2, 0.25) is 5.82 Å². The molecule has 5 rings (SSSR count). The number of nitrogens with one attached hydrogen (secondary N) is 1. The fourth-order valence-electron chi connectivity index (χ4n) is 5.81. The highest BCUT2D eigenvalue weighted by atomic mass is 16.2. The molecule has 3 heterocycles. The molecule has 1 saturated carbocycles. The second-order valence-electron chi connectivity index (χ2n) is 10.7. The number of rotatable bonds is 10. The van der Waals surface area contributed by atoms with Crippen LogP contribution in [0.5, 0.6) is 0 Å². The van der Waals surface area contributed by atoms with Gasteiger partial charge in [-0.2, -0.15) is 5.21 Å². The topological polar surface area (TPSA) is 111 Å². The maximum atomic E-state index is 14.0. The first-order chi connectivity index (χ1) is 18.4. The number of carbonyl (C=O) groups is 1. The predicted molar refractivity (Wildman–Crippen MR) is 145 cm³/mol. The first-order valence-electron chi connectivity index (χ1n) is 13.5. The number of hydrogen-bond acceptors (Lipinski definition) is 6. The lowest BCUT2D eigenvalue weighted by molar-refractivity contribution is -0.129. The van der Waals surface area contributed by atoms with Crippen LogP contribution < -0.4 is 5.69 Å². The second-order valence-corrected chi connectivity index (χ2v) is 10.7. The van der Waals surface area contributed by atoms with Gasteiger partial charge in [-0.3, -0.25) is 18.9 Å². The number of pyridine rings is 1. The quantitative estimate of drug-likeness (QED) is 0.329. The summed E-state index contributed by atoms with van der Waals surface area (Å²) >= 11 is 0. The van der Waals surface area contributed by atoms with Gasteiger partial charge in [0.1, 0.15) is 5.78 Å². The van der Waals surface area contributed by atoms with Crippen LogP contribution in [0.25, 0.3) is 22.5 Å². The van der Waals surface area contributed by atoms with Crippen molar-refractivity contribution >= 4 is 5.78 Å². The normalized spacial score (nSPS) is 19.0. The average Bonchev–Trinajstić information content (AvgIpc) is 3.52. The third kappa shape index (κ3) is 4.73. The van der Waals surface area contributed by atoms with Crippen LogP contribution in [0, 0.1) is 17.8 Å². The van der Waals surface area contributed by atoms with Crippen molar-refractivity contribution in [3.05, 3.63) is 70.7 Å². The van der Waals surface area contributed by atoms with E-state index >= 15 is 0 Å². The van der Waals surface area contributed by atoms with E-state index in [1.165, 1.54) is 0 Å². The number of aromatic amines is 1. The molecule has 0 saturated heterocycles. The number of imidazole rings is 1. The number of unbranched alkanes of at least 4 members (excludes halogenated alkanes) is 1. The summed E-state index contributed by atoms with van der Waals surface area (Å²) in [5, 5.41) is 14.6. The van der Waals surface area contributed by atoms with Crippen LogP contribution in [0.3, 0.4) is 0 Å². The Morgan fingerprint density at radius 3 is 2.63 bits per heavy atom. The zero-order valence-electron chi connectivity index (χ0n) is 22.5. The molecule has 3 atom stereocenters. The minimum absolute atomic E-state index is 0.0565. The molecule has 0 bridgehead atoms. The summed E-state index contributed by atoms with van der Waals surface area (Å²) in [5.41, 5.74) is 4.63. The Morgan fingerprint density at radius 1 is 1.16 bits per heavy atom. The zero-order valence-corrected chi connectivity index (χ0v) is 22.5. The maximum absolute atomic E-state index is 14.0. The van der Waals surface area contributed by atoms with Crippen molar-refractivity contribution in [2.45, 2.75) is 66.0 Å². The molecule has 4 aromatic rings. The van der Waals surface area contributed by atoms with E-state index in [2.05, 4.69) is 46.4 Å². The summed E-state index contributed by atoms with van der Waals surface area (Å²) < 4.78 is 3.73. The number of benzene rings is 1. The minimum atomic E-state index is -0.106. The van der Waals surface area contributed by atoms with Crippen molar-refractivity contribution in [3.63, 3.8) is 0 Å². The summed E-state index contributed by atoms with van der Waals surface area (Å²) in [6, 6.07) is 9.78. The highest BCUT2D eigenvalue weighted by Crippen LogP contribution is 2.48. The van der Waals surface area contributed by atoms with Crippen molar-refractivity contribution in [3.8, 4) is 22.5 Å². The lowest BCUT2D eigenvalue weighted by Gasteiger charge is -2.46. The molecule has 1 fully saturated rings. The molecule has 0 spiro atoms. The Labute approximate surface area is 222 Å². The first-order valence-corrected chi connectivity index (χ1v) is 13.5. The van der Waals surface area contributed by atoms with Crippen LogP contribution in [0.2, 0.25) is 0 Å². The molecular formula is C29H35N7O2. The monoisotopic (exact) mass is 513 g/mol. The fraction of sp³-hybridized carbons (Fsp3) is 0.448. The molecule has 0 radical (unpaired) electrons. The van der Waals surface area contributed by atoms with Crippen molar-refractivity contribution in [1.82, 2.24) is 34.7 Å². The van der Waals surface area contributed by atoms with Gasteiger partial charge in [-0.25, -0.2) is 4.79 Å². The van der Waals surface area contributed by atoms with E-state index in [0.717, 1.165) is 53.6 Å². The van der Waals surface area contributed by atoms with E-state index in [4.69, 9.17) is 0 Å². The molecular weight excluding hydrogens is 478 g/mol. The molecule has 3 aromatic heterocycles. The minimum Gasteiger partial charge on any atom is -0.300 e. The van der Waals surface area contributed by atoms with E-state index in [9.17, 15) is 9.59 Å². The first kappa shape index (κ1) is 25.8. The molecule has 0 aliphatic heterocycles. The number of H-pyrrole nitrogens is 1. The van der Waals surface area contributed by atoms with Crippen molar-refractivity contribution in [2.75, 3.05) is 0 Å². The highest BCUT2D eigenvalue weighted by molar-refractivity contribution is 5.82. The fourth-order valence-corrected chi connectivity index (χ4v) is 5.81. The Kier molecular flexibility index (Phi) is 7.35. The average molecular weight is 514 g/mol. The van der Waals surface area contributed by atoms with E-state index in [1.54, 1.807) is 13.1 Å². The van der Waals surface area contributed by atoms with Crippen LogP contribution in [-0.2, 0) is 17.8 Å². The van der Waals surface area contributed by atoms with Crippen LogP contribution in [0.4, 0.5) is 0 Å². The number of ketones is 1. The summed E-state index contributed by atoms with van der Waals surface area (Å²) in [5.74, 6) is 1.28. The molecule has 38 heavy (non-hydrogen) atoms. The molecule has 9 nitrogen and oxygen atoms in total. The van der Waals surface area contributed by atoms with Gasteiger partial charge in [0.25, 0.3) is 0 Å². The molecule has 9 heteroatoms. The van der Waals surface area contributed by atoms with Crippen molar-refractivity contribution in [1.29, 1.82) is 0 Å². The molecule has 1 aromatic carbocycles. The van der Waals surface area contributed by atoms with Crippen LogP contribution in [-0.4, -0.2) is 40.5 Å². The number of Topliss-reactive ketones (excluding diaryl/α,β-unsaturated/α-hetero) is 1. The van der Waals surface area contributed by atoms with Gasteiger partial charge in [0, 0.05) is 35.8 Å². The molecule has 0 amide bonds. The molecule has 198 valence electrons. The van der Waals surface area contributed by atoms with Crippen molar-refractivity contribution < 1.29 is 4.79 Å². The molecule has 1 aliphatic carbocycles. The van der Waals surface area contributed by atoms with Gasteiger partial charge in [-0.1, -0.05) is 51.5 Å². The van der Waals surface area contributed by atoms with Gasteiger partial charge >= 0.3 is 5.69 Å². The summed E-state index contributed by atoms with van der Waals surface area (Å²) in [6.45, 7) is 8.55. The smallest absolute Gasteiger partial charge is 0.300 e. The Bertz CT molecular complexity index is 1470. The van der Waals surface area contributed by atoms with Gasteiger partial charge < -0.3 is 0 Å². The number of tetrazole rings is 1. The molecule has 3 unspecified atom stereocenters. The van der Waals surface area contributed by atoms with Gasteiger partial charge in [-0.15, -0.1) is 10.2 Å². The van der Waals surface area contributed by atoms with Gasteiger partial charge in [0.15, 0.2) is 0 Å². The third-order valence-corrected chi connectivity index (χ3v) is 7.99. The summed E-state index contributed by atoms with van der Waals surface area (Å²) in [7, 11) is 0. The summed E-state index contributed by atoms with van der Waals surface area (Å²) in [4.78, 5) is 30.8. The number of aromatic nitrogens is 7. The highest BCUT2D eigenvalue weighted by Gasteiger charge is 2.47. The van der Waals surface area contributed by atoms with Crippen LogP contribution in [0.15, 0.2) is 53.7 Å². The van der Waals surface area contributed by atoms with E-state index in [-0.39, 0.29) is 23.4 Å². The SMILES string of the molecule is CCCCc1cn(C2C(C(C)=O)CC2C(C)C)c(=O)n1Cc1cnccc1-c1ccccc1-c1nn[nH]n1. The predicted octanol–water partition coefficient (Wildman–Crippen LogP) is 4.71. The third-order valence-electron chi connectivity index (χ3n) is 7.99. The molecule has 1 aliphatic rings. The van der Waals surface area contributed by atoms with E-state index < -0.39 is 0 Å². The standard InChI is InChI=1S/C29H35N7O2/c1-5-6-9-21-17-36(27-25(18(2)3)14-26(27)19(4)37)29(38)35(21)16-20-15-30-13-12-22(20)23-10-7-8-11-24(23)28-31-33-34-32-28/h7-8,10-13,15,17-18,25-27H,5-6,9,14,16H2,1-4H3,(H,31,32,33,34). The summed E-state index contributed by atoms with van der Waals surface area (Å²) in [6.07, 6.45) is 9.26. The lowest BCUT2D eigenvalue weighted by atomic mass is 9.63. The second kappa shape index (κ2) is 10.8. The van der Waals surface area contributed by atoms with Crippen LogP contribution in [0.1, 0.15) is 64.3 Å². The van der Waals surface area contributed by atoms with Crippen molar-refractivity contribution in [2.24, 2.45) is 17.8 Å². The van der Waals surface area contributed by atoms with E-state index in [0.29, 0.717) is 24.2 Å². The Hall–Kier alpha value is -3.88. The number of hydrogen-bond donors (Lipinski definition) is 1. The van der Waals surface area contributed by atoms with Gasteiger partial charge in [-0.05, 0) is 66.0 Å². The number of nitrogens with zero attached hydrogens (tertiary/aromatic N) is 6. The lowest BCUT2D eigenvalue weighted by Crippen LogP contribution is -2.47. The van der Waals surface area contributed by atoms with Crippen LogP contribution >= 0.6 is 0 Å². The Balaban J connectivity index is 1.58. The van der Waals surface area contributed by atoms with Gasteiger partial charge in [0.05, 0.1) is 12.6 Å². The molecule has 1 N–H and O–H groups in total. The van der Waals surface area contributed by atoms with E-state index in [1.807, 2.05) is 51.9 Å². The largest absolute Gasteiger partial charge is 0.328 e. The zero-order chi connectivity index (χ0) is 26.8.